The number of aromatic amines is 1. The van der Waals surface area contributed by atoms with Gasteiger partial charge in [0.2, 0.25) is 0 Å². The number of H-pyrrole nitrogens is 1. The van der Waals surface area contributed by atoms with E-state index in [0.29, 0.717) is 5.02 Å². The van der Waals surface area contributed by atoms with Crippen molar-refractivity contribution in [3.63, 3.8) is 0 Å². The maximum Gasteiger partial charge on any atom is 0.112 e. The highest BCUT2D eigenvalue weighted by molar-refractivity contribution is 7.13. The minimum absolute atomic E-state index is 0.700. The Balaban J connectivity index is 1.37. The Kier molecular flexibility index (Phi) is 5.34. The van der Waals surface area contributed by atoms with Gasteiger partial charge >= 0.3 is 0 Å². The first-order valence-electron chi connectivity index (χ1n) is 10.9. The Bertz CT molecular complexity index is 1530. The van der Waals surface area contributed by atoms with Crippen molar-refractivity contribution in [3.8, 4) is 49.9 Å². The number of hydrogen-bond acceptors (Lipinski definition) is 3. The Morgan fingerprint density at radius 1 is 0.765 bits per heavy atom. The second-order valence-corrected chi connectivity index (χ2v) is 9.28. The summed E-state index contributed by atoms with van der Waals surface area (Å²) >= 11 is 7.74. The van der Waals surface area contributed by atoms with Crippen molar-refractivity contribution in [2.75, 3.05) is 0 Å². The molecule has 4 nitrogen and oxygen atoms in total. The van der Waals surface area contributed by atoms with Crippen LogP contribution in [0, 0.1) is 0 Å². The summed E-state index contributed by atoms with van der Waals surface area (Å²) in [5.74, 6) is 0. The predicted octanol–water partition coefficient (Wildman–Crippen LogP) is 7.98. The average molecular weight is 479 g/mol. The largest absolute Gasteiger partial charge is 0.277 e. The van der Waals surface area contributed by atoms with Gasteiger partial charge in [0.1, 0.15) is 5.69 Å². The zero-order valence-corrected chi connectivity index (χ0v) is 19.6. The van der Waals surface area contributed by atoms with Gasteiger partial charge in [-0.05, 0) is 52.9 Å². The molecule has 0 aliphatic heterocycles. The van der Waals surface area contributed by atoms with Crippen molar-refractivity contribution < 1.29 is 0 Å². The summed E-state index contributed by atoms with van der Waals surface area (Å²) < 4.78 is 1.88. The molecule has 0 aliphatic rings. The molecule has 0 amide bonds. The van der Waals surface area contributed by atoms with Crippen molar-refractivity contribution in [2.24, 2.45) is 0 Å². The topological polar surface area (TPSA) is 46.5 Å². The Morgan fingerprint density at radius 2 is 1.50 bits per heavy atom. The zero-order chi connectivity index (χ0) is 22.9. The molecule has 0 saturated carbocycles. The van der Waals surface area contributed by atoms with Crippen molar-refractivity contribution in [2.45, 2.75) is 0 Å². The molecule has 0 aliphatic carbocycles. The first-order valence-corrected chi connectivity index (χ1v) is 12.1. The number of benzene rings is 3. The predicted molar refractivity (Wildman–Crippen MR) is 140 cm³/mol. The molecule has 0 unspecified atom stereocenters. The minimum Gasteiger partial charge on any atom is -0.277 e. The fraction of sp³-hybridized carbons (Fsp3) is 0. The van der Waals surface area contributed by atoms with E-state index in [4.69, 9.17) is 16.7 Å². The summed E-state index contributed by atoms with van der Waals surface area (Å²) in [7, 11) is 0. The van der Waals surface area contributed by atoms with Crippen LogP contribution in [-0.4, -0.2) is 20.0 Å². The van der Waals surface area contributed by atoms with Gasteiger partial charge in [0.15, 0.2) is 0 Å². The summed E-state index contributed by atoms with van der Waals surface area (Å²) in [5.41, 5.74) is 8.12. The van der Waals surface area contributed by atoms with E-state index in [1.165, 1.54) is 11.1 Å². The van der Waals surface area contributed by atoms with Gasteiger partial charge < -0.3 is 0 Å². The standard InChI is InChI=1S/C28H19ClN4S/c29-22-12-14-23(15-13-22)33-18-24(28(32-33)27-7-4-16-34-27)26-17-25(30-31-26)21-10-8-20(9-11-21)19-5-2-1-3-6-19/h1-18H,(H,30,31). The maximum absolute atomic E-state index is 6.08. The fourth-order valence-corrected chi connectivity index (χ4v) is 4.81. The lowest BCUT2D eigenvalue weighted by Crippen LogP contribution is -1.93. The van der Waals surface area contributed by atoms with Crippen molar-refractivity contribution in [3.05, 3.63) is 114 Å². The molecule has 0 spiro atoms. The minimum atomic E-state index is 0.700. The number of aromatic nitrogens is 4. The average Bonchev–Trinajstić information content (AvgIpc) is 3.66. The molecule has 3 aromatic carbocycles. The first kappa shape index (κ1) is 20.7. The maximum atomic E-state index is 6.08. The van der Waals surface area contributed by atoms with Gasteiger partial charge in [-0.1, -0.05) is 72.3 Å². The smallest absolute Gasteiger partial charge is 0.112 e. The second-order valence-electron chi connectivity index (χ2n) is 7.90. The summed E-state index contributed by atoms with van der Waals surface area (Å²) in [6.45, 7) is 0. The molecule has 0 radical (unpaired) electrons. The van der Waals surface area contributed by atoms with Crippen LogP contribution in [0.5, 0.6) is 0 Å². The van der Waals surface area contributed by atoms with Gasteiger partial charge in [-0.2, -0.15) is 10.2 Å². The Hall–Kier alpha value is -3.93. The van der Waals surface area contributed by atoms with Crippen LogP contribution in [0.15, 0.2) is 109 Å². The third-order valence-corrected chi connectivity index (χ3v) is 6.84. The molecule has 3 heterocycles. The number of hydrogen-bond donors (Lipinski definition) is 1. The van der Waals surface area contributed by atoms with Gasteiger partial charge in [-0.25, -0.2) is 4.68 Å². The monoisotopic (exact) mass is 478 g/mol. The van der Waals surface area contributed by atoms with Crippen molar-refractivity contribution >= 4 is 22.9 Å². The second kappa shape index (κ2) is 8.78. The van der Waals surface area contributed by atoms with Gasteiger partial charge in [0.05, 0.1) is 22.0 Å². The van der Waals surface area contributed by atoms with E-state index in [0.717, 1.165) is 38.8 Å². The van der Waals surface area contributed by atoms with Crippen molar-refractivity contribution in [1.29, 1.82) is 0 Å². The van der Waals surface area contributed by atoms with Crippen LogP contribution in [-0.2, 0) is 0 Å². The quantitative estimate of drug-likeness (QED) is 0.273. The lowest BCUT2D eigenvalue weighted by molar-refractivity contribution is 0.885. The van der Waals surface area contributed by atoms with Crippen LogP contribution >= 0.6 is 22.9 Å². The van der Waals surface area contributed by atoms with Gasteiger partial charge in [-0.3, -0.25) is 5.10 Å². The number of nitrogens with one attached hydrogen (secondary N) is 1. The lowest BCUT2D eigenvalue weighted by atomic mass is 10.0. The molecule has 34 heavy (non-hydrogen) atoms. The molecule has 6 heteroatoms. The van der Waals surface area contributed by atoms with Crippen LogP contribution in [0.1, 0.15) is 0 Å². The molecule has 0 atom stereocenters. The molecule has 6 rings (SSSR count). The summed E-state index contributed by atoms with van der Waals surface area (Å²) in [4.78, 5) is 1.10. The van der Waals surface area contributed by atoms with Crippen LogP contribution in [0.3, 0.4) is 0 Å². The highest BCUT2D eigenvalue weighted by atomic mass is 35.5. The van der Waals surface area contributed by atoms with E-state index >= 15 is 0 Å². The number of halogens is 1. The number of nitrogens with zero attached hydrogens (tertiary/aromatic N) is 3. The van der Waals surface area contributed by atoms with E-state index in [-0.39, 0.29) is 0 Å². The summed E-state index contributed by atoms with van der Waals surface area (Å²) in [6, 6.07) is 32.7. The zero-order valence-electron chi connectivity index (χ0n) is 18.0. The first-order chi connectivity index (χ1) is 16.7. The highest BCUT2D eigenvalue weighted by Crippen LogP contribution is 2.35. The van der Waals surface area contributed by atoms with Crippen LogP contribution in [0.25, 0.3) is 49.9 Å². The van der Waals surface area contributed by atoms with Crippen LogP contribution < -0.4 is 0 Å². The highest BCUT2D eigenvalue weighted by Gasteiger charge is 2.17. The molecule has 6 aromatic rings. The summed E-state index contributed by atoms with van der Waals surface area (Å²) in [5, 5.41) is 15.5. The van der Waals surface area contributed by atoms with E-state index in [9.17, 15) is 0 Å². The van der Waals surface area contributed by atoms with Crippen molar-refractivity contribution in [1.82, 2.24) is 20.0 Å². The van der Waals surface area contributed by atoms with Gasteiger partial charge in [-0.15, -0.1) is 11.3 Å². The van der Waals surface area contributed by atoms with E-state index in [1.807, 2.05) is 47.3 Å². The van der Waals surface area contributed by atoms with Crippen LogP contribution in [0.4, 0.5) is 0 Å². The Labute approximate surface area is 206 Å². The van der Waals surface area contributed by atoms with Gasteiger partial charge in [0, 0.05) is 22.3 Å². The molecule has 1 N–H and O–H groups in total. The Morgan fingerprint density at radius 3 is 2.24 bits per heavy atom. The molecule has 0 saturated heterocycles. The third-order valence-electron chi connectivity index (χ3n) is 5.72. The molecule has 0 bridgehead atoms. The molecule has 0 fully saturated rings. The summed E-state index contributed by atoms with van der Waals surface area (Å²) in [6.07, 6.45) is 2.04. The van der Waals surface area contributed by atoms with Crippen LogP contribution in [0.2, 0.25) is 5.02 Å². The number of thiophene rings is 1. The molecular weight excluding hydrogens is 460 g/mol. The van der Waals surface area contributed by atoms with E-state index in [1.54, 1.807) is 11.3 Å². The lowest BCUT2D eigenvalue weighted by Gasteiger charge is -2.02. The number of rotatable bonds is 5. The van der Waals surface area contributed by atoms with E-state index in [2.05, 4.69) is 76.2 Å². The normalized spacial score (nSPS) is 11.1. The molecule has 3 aromatic heterocycles. The fourth-order valence-electron chi connectivity index (χ4n) is 3.96. The molecular formula is C28H19ClN4S. The molecule has 164 valence electrons. The SMILES string of the molecule is Clc1ccc(-n2cc(-c3cc(-c4ccc(-c5ccccc5)cc4)n[nH]3)c(-c3cccs3)n2)cc1. The third kappa shape index (κ3) is 3.96. The van der Waals surface area contributed by atoms with E-state index < -0.39 is 0 Å². The van der Waals surface area contributed by atoms with Gasteiger partial charge in [0.25, 0.3) is 0 Å².